The van der Waals surface area contributed by atoms with Crippen LogP contribution in [0.2, 0.25) is 0 Å². The van der Waals surface area contributed by atoms with Crippen molar-refractivity contribution in [3.05, 3.63) is 11.4 Å². The van der Waals surface area contributed by atoms with Gasteiger partial charge in [0.05, 0.1) is 0 Å². The van der Waals surface area contributed by atoms with Crippen molar-refractivity contribution in [1.29, 1.82) is 0 Å². The zero-order valence-electron chi connectivity index (χ0n) is 11.3. The summed E-state index contributed by atoms with van der Waals surface area (Å²) in [5.74, 6) is -0.189. The molecule has 3 nitrogen and oxygen atoms in total. The number of nitrogens with two attached hydrogens (primary N) is 1. The lowest BCUT2D eigenvalue weighted by atomic mass is 9.97. The molecule has 0 radical (unpaired) electrons. The molecule has 0 saturated carbocycles. The second-order valence-corrected chi connectivity index (χ2v) is 5.37. The number of rotatable bonds is 10. The molecular weight excluding hydrogens is 212 g/mol. The third kappa shape index (κ3) is 11.2. The molecule has 1 amide bonds. The third-order valence-corrected chi connectivity index (χ3v) is 3.01. The molecule has 0 aromatic heterocycles. The quantitative estimate of drug-likeness (QED) is 0.458. The molecule has 3 heteroatoms. The van der Waals surface area contributed by atoms with Crippen molar-refractivity contribution in [1.82, 2.24) is 0 Å². The molecule has 98 valence electrons. The molecule has 0 bridgehead atoms. The van der Waals surface area contributed by atoms with E-state index in [0.29, 0.717) is 6.42 Å². The van der Waals surface area contributed by atoms with Gasteiger partial charge in [-0.25, -0.2) is 6.57 Å². The number of nitrogens with zero attached hydrogens (tertiary/aromatic N) is 1. The van der Waals surface area contributed by atoms with Crippen LogP contribution < -0.4 is 5.73 Å². The van der Waals surface area contributed by atoms with E-state index in [2.05, 4.69) is 4.85 Å². The minimum absolute atomic E-state index is 0.179. The van der Waals surface area contributed by atoms with E-state index in [-0.39, 0.29) is 11.4 Å². The summed E-state index contributed by atoms with van der Waals surface area (Å²) in [7, 11) is 0. The zero-order valence-corrected chi connectivity index (χ0v) is 11.3. The van der Waals surface area contributed by atoms with Crippen molar-refractivity contribution in [2.75, 3.05) is 0 Å². The van der Waals surface area contributed by atoms with Gasteiger partial charge >= 0.3 is 0 Å². The van der Waals surface area contributed by atoms with Gasteiger partial charge in [-0.05, 0) is 12.8 Å². The van der Waals surface area contributed by atoms with Crippen LogP contribution in [0.15, 0.2) is 0 Å². The molecule has 17 heavy (non-hydrogen) atoms. The van der Waals surface area contributed by atoms with Gasteiger partial charge in [0, 0.05) is 26.7 Å². The summed E-state index contributed by atoms with van der Waals surface area (Å²) in [4.78, 5) is 14.1. The highest BCUT2D eigenvalue weighted by atomic mass is 16.1. The second kappa shape index (κ2) is 9.04. The molecule has 0 heterocycles. The van der Waals surface area contributed by atoms with Crippen LogP contribution in [0.5, 0.6) is 0 Å². The van der Waals surface area contributed by atoms with Crippen LogP contribution >= 0.6 is 0 Å². The van der Waals surface area contributed by atoms with Crippen molar-refractivity contribution < 1.29 is 4.79 Å². The number of carbonyl (C=O) groups is 1. The van der Waals surface area contributed by atoms with Crippen LogP contribution in [0.4, 0.5) is 0 Å². The van der Waals surface area contributed by atoms with Gasteiger partial charge < -0.3 is 10.6 Å². The monoisotopic (exact) mass is 238 g/mol. The molecule has 0 rings (SSSR count). The van der Waals surface area contributed by atoms with Crippen LogP contribution in [0.3, 0.4) is 0 Å². The molecule has 0 aromatic rings. The Labute approximate surface area is 106 Å². The van der Waals surface area contributed by atoms with E-state index in [9.17, 15) is 4.79 Å². The highest BCUT2D eigenvalue weighted by Gasteiger charge is 2.21. The molecule has 2 N–H and O–H groups in total. The molecule has 0 atom stereocenters. The fraction of sp³-hybridized carbons (Fsp3) is 0.857. The topological polar surface area (TPSA) is 47.5 Å². The first kappa shape index (κ1) is 16.0. The summed E-state index contributed by atoms with van der Waals surface area (Å²) in [5, 5.41) is 0. The second-order valence-electron chi connectivity index (χ2n) is 5.37. The molecule has 0 spiro atoms. The third-order valence-electron chi connectivity index (χ3n) is 3.01. The van der Waals surface area contributed by atoms with Gasteiger partial charge in [0.25, 0.3) is 0 Å². The maximum Gasteiger partial charge on any atom is 0.227 e. The van der Waals surface area contributed by atoms with Gasteiger partial charge in [0.15, 0.2) is 0 Å². The van der Waals surface area contributed by atoms with Gasteiger partial charge in [-0.2, -0.15) is 0 Å². The highest BCUT2D eigenvalue weighted by Crippen LogP contribution is 2.19. The maximum absolute atomic E-state index is 10.5. The van der Waals surface area contributed by atoms with E-state index in [4.69, 9.17) is 12.3 Å². The Bertz CT molecular complexity index is 253. The summed E-state index contributed by atoms with van der Waals surface area (Å²) in [6.07, 6.45) is 9.60. The largest absolute Gasteiger partial charge is 0.370 e. The lowest BCUT2D eigenvalue weighted by Crippen LogP contribution is -2.12. The first-order valence-corrected chi connectivity index (χ1v) is 6.65. The number of carbonyl (C=O) groups excluding carboxylic acids is 1. The fourth-order valence-corrected chi connectivity index (χ4v) is 1.80. The Morgan fingerprint density at radius 1 is 1.06 bits per heavy atom. The number of unbranched alkanes of at least 4 members (excludes halogenated alkanes) is 6. The fourth-order valence-electron chi connectivity index (χ4n) is 1.80. The molecule has 0 aliphatic heterocycles. The molecule has 0 aromatic carbocycles. The summed E-state index contributed by atoms with van der Waals surface area (Å²) in [5.41, 5.74) is 4.88. The normalized spacial score (nSPS) is 11.1. The minimum atomic E-state index is -0.189. The van der Waals surface area contributed by atoms with E-state index >= 15 is 0 Å². The number of primary amides is 1. The smallest absolute Gasteiger partial charge is 0.227 e. The molecule has 0 fully saturated rings. The standard InChI is InChI=1S/C14H26N2O/c1-14(2,16-3)12-10-8-6-4-5-7-9-11-13(15)17/h4-12H2,1-2H3,(H2,15,17). The Morgan fingerprint density at radius 2 is 1.53 bits per heavy atom. The maximum atomic E-state index is 10.5. The lowest BCUT2D eigenvalue weighted by molar-refractivity contribution is -0.118. The van der Waals surface area contributed by atoms with Crippen LogP contribution in [0.25, 0.3) is 4.85 Å². The number of hydrogen-bond acceptors (Lipinski definition) is 1. The van der Waals surface area contributed by atoms with Crippen LogP contribution in [-0.2, 0) is 4.79 Å². The van der Waals surface area contributed by atoms with Crippen molar-refractivity contribution in [2.24, 2.45) is 5.73 Å². The SMILES string of the molecule is [C-]#[N+]C(C)(C)CCCCCCCCCC(N)=O. The predicted octanol–water partition coefficient (Wildman–Crippen LogP) is 3.68. The lowest BCUT2D eigenvalue weighted by Gasteiger charge is -2.10. The van der Waals surface area contributed by atoms with E-state index < -0.39 is 0 Å². The first-order valence-electron chi connectivity index (χ1n) is 6.65. The number of amides is 1. The van der Waals surface area contributed by atoms with Crippen LogP contribution in [-0.4, -0.2) is 11.4 Å². The van der Waals surface area contributed by atoms with Gasteiger partial charge in [-0.1, -0.05) is 32.1 Å². The Morgan fingerprint density at radius 3 is 2.00 bits per heavy atom. The summed E-state index contributed by atoms with van der Waals surface area (Å²) >= 11 is 0. The van der Waals surface area contributed by atoms with Crippen LogP contribution in [0.1, 0.15) is 71.6 Å². The Balaban J connectivity index is 3.20. The van der Waals surface area contributed by atoms with Crippen molar-refractivity contribution >= 4 is 5.91 Å². The predicted molar refractivity (Wildman–Crippen MR) is 71.4 cm³/mol. The van der Waals surface area contributed by atoms with Gasteiger partial charge in [0.1, 0.15) is 0 Å². The van der Waals surface area contributed by atoms with E-state index in [1.807, 2.05) is 13.8 Å². The highest BCUT2D eigenvalue weighted by molar-refractivity contribution is 5.73. The Hall–Kier alpha value is -1.04. The molecule has 0 aliphatic rings. The van der Waals surface area contributed by atoms with Crippen molar-refractivity contribution in [2.45, 2.75) is 77.2 Å². The average molecular weight is 238 g/mol. The molecule has 0 saturated heterocycles. The summed E-state index contributed by atoms with van der Waals surface area (Å²) in [6.45, 7) is 11.0. The van der Waals surface area contributed by atoms with Gasteiger partial charge in [-0.15, -0.1) is 0 Å². The summed E-state index contributed by atoms with van der Waals surface area (Å²) < 4.78 is 0. The van der Waals surface area contributed by atoms with Crippen LogP contribution in [0, 0.1) is 6.57 Å². The average Bonchev–Trinajstić information content (AvgIpc) is 2.26. The first-order chi connectivity index (χ1) is 7.98. The zero-order chi connectivity index (χ0) is 13.1. The number of hydrogen-bond donors (Lipinski definition) is 1. The van der Waals surface area contributed by atoms with Crippen molar-refractivity contribution in [3.63, 3.8) is 0 Å². The molecular formula is C14H26N2O. The van der Waals surface area contributed by atoms with E-state index in [1.165, 1.54) is 25.7 Å². The van der Waals surface area contributed by atoms with Gasteiger partial charge in [-0.3, -0.25) is 4.79 Å². The van der Waals surface area contributed by atoms with Crippen molar-refractivity contribution in [3.8, 4) is 0 Å². The molecule has 0 aliphatic carbocycles. The Kier molecular flexibility index (Phi) is 8.49. The van der Waals surface area contributed by atoms with Gasteiger partial charge in [0.2, 0.25) is 11.4 Å². The summed E-state index contributed by atoms with van der Waals surface area (Å²) in [6, 6.07) is 0. The molecule has 0 unspecified atom stereocenters. The van der Waals surface area contributed by atoms with E-state index in [1.54, 1.807) is 0 Å². The minimum Gasteiger partial charge on any atom is -0.370 e. The van der Waals surface area contributed by atoms with E-state index in [0.717, 1.165) is 25.7 Å².